The van der Waals surface area contributed by atoms with E-state index in [1.807, 2.05) is 18.2 Å². The average Bonchev–Trinajstić information content (AvgIpc) is 2.03. The molecule has 1 nitrogen and oxygen atoms in total. The first-order chi connectivity index (χ1) is 4.93. The number of hydrogen-bond donors (Lipinski definition) is 0. The summed E-state index contributed by atoms with van der Waals surface area (Å²) in [7, 11) is 0. The third kappa shape index (κ3) is 2.00. The Labute approximate surface area is 64.6 Å². The highest BCUT2D eigenvalue weighted by molar-refractivity contribution is 6.30. The van der Waals surface area contributed by atoms with Gasteiger partial charge in [-0.1, -0.05) is 18.2 Å². The minimum Gasteiger partial charge on any atom is -0.406 e. The fraction of sp³-hybridized carbons (Fsp3) is 0. The van der Waals surface area contributed by atoms with Gasteiger partial charge in [-0.25, -0.2) is 0 Å². The van der Waals surface area contributed by atoms with Crippen LogP contribution in [0.3, 0.4) is 0 Å². The van der Waals surface area contributed by atoms with Crippen LogP contribution in [-0.4, -0.2) is 0 Å². The molecule has 0 bridgehead atoms. The molecule has 0 atom stereocenters. The monoisotopic (exact) mass is 152 g/mol. The summed E-state index contributed by atoms with van der Waals surface area (Å²) >= 11 is 5.07. The number of halogens is 1. The molecule has 0 N–H and O–H groups in total. The standard InChI is InChI=1S/C8H5ClO/c9-6-7-10-8-4-2-1-3-5-8/h1-5H. The average molecular weight is 153 g/mol. The van der Waals surface area contributed by atoms with Crippen LogP contribution in [0.25, 0.3) is 0 Å². The zero-order valence-corrected chi connectivity index (χ0v) is 5.93. The van der Waals surface area contributed by atoms with Gasteiger partial charge in [0.05, 0.1) is 0 Å². The first-order valence-electron chi connectivity index (χ1n) is 2.76. The maximum atomic E-state index is 5.07. The normalized spacial score (nSPS) is 7.70. The molecule has 1 aromatic rings. The van der Waals surface area contributed by atoms with E-state index in [1.54, 1.807) is 12.1 Å². The van der Waals surface area contributed by atoms with Crippen molar-refractivity contribution in [3.63, 3.8) is 0 Å². The molecule has 0 spiro atoms. The molecule has 10 heavy (non-hydrogen) atoms. The molecule has 1 rings (SSSR count). The van der Waals surface area contributed by atoms with Gasteiger partial charge in [0.25, 0.3) is 0 Å². The minimum absolute atomic E-state index is 0.704. The van der Waals surface area contributed by atoms with Crippen LogP contribution in [-0.2, 0) is 0 Å². The van der Waals surface area contributed by atoms with Gasteiger partial charge in [0.2, 0.25) is 0 Å². The topological polar surface area (TPSA) is 9.23 Å². The Bertz CT molecular complexity index is 245. The molecule has 0 aromatic heterocycles. The fourth-order valence-corrected chi connectivity index (χ4v) is 0.605. The maximum absolute atomic E-state index is 5.07. The predicted molar refractivity (Wildman–Crippen MR) is 40.7 cm³/mol. The Morgan fingerprint density at radius 3 is 2.50 bits per heavy atom. The first kappa shape index (κ1) is 6.98. The van der Waals surface area contributed by atoms with Crippen molar-refractivity contribution < 1.29 is 4.74 Å². The van der Waals surface area contributed by atoms with Crippen LogP contribution in [0.5, 0.6) is 5.75 Å². The van der Waals surface area contributed by atoms with Gasteiger partial charge in [-0.3, -0.25) is 0 Å². The SMILES string of the molecule is ClC#COc1ccccc1. The van der Waals surface area contributed by atoms with Gasteiger partial charge in [0.1, 0.15) is 11.9 Å². The van der Waals surface area contributed by atoms with E-state index < -0.39 is 0 Å². The Kier molecular flexibility index (Phi) is 2.66. The second-order valence-electron chi connectivity index (χ2n) is 1.61. The minimum atomic E-state index is 0.704. The van der Waals surface area contributed by atoms with Crippen molar-refractivity contribution in [3.05, 3.63) is 30.3 Å². The summed E-state index contributed by atoms with van der Waals surface area (Å²) < 4.78 is 4.86. The quantitative estimate of drug-likeness (QED) is 0.561. The molecule has 50 valence electrons. The molecular formula is C8H5ClO. The Morgan fingerprint density at radius 1 is 1.20 bits per heavy atom. The van der Waals surface area contributed by atoms with Gasteiger partial charge >= 0.3 is 0 Å². The number of rotatable bonds is 1. The van der Waals surface area contributed by atoms with Crippen molar-refractivity contribution in [2.75, 3.05) is 0 Å². The van der Waals surface area contributed by atoms with Crippen molar-refractivity contribution in [3.8, 4) is 17.2 Å². The molecule has 0 aliphatic heterocycles. The van der Waals surface area contributed by atoms with Crippen LogP contribution in [0, 0.1) is 11.5 Å². The number of ether oxygens (including phenoxy) is 1. The van der Waals surface area contributed by atoms with Crippen LogP contribution < -0.4 is 4.74 Å². The molecule has 0 aliphatic carbocycles. The maximum Gasteiger partial charge on any atom is 0.140 e. The molecule has 0 aliphatic rings. The van der Waals surface area contributed by atoms with Crippen LogP contribution in [0.4, 0.5) is 0 Å². The molecule has 2 heteroatoms. The summed E-state index contributed by atoms with van der Waals surface area (Å²) in [5, 5.41) is 2.12. The molecule has 0 heterocycles. The molecule has 0 unspecified atom stereocenters. The lowest BCUT2D eigenvalue weighted by atomic mass is 10.3. The van der Waals surface area contributed by atoms with E-state index in [2.05, 4.69) is 11.5 Å². The summed E-state index contributed by atoms with van der Waals surface area (Å²) in [6, 6.07) is 9.25. The van der Waals surface area contributed by atoms with E-state index in [-0.39, 0.29) is 0 Å². The van der Waals surface area contributed by atoms with E-state index in [0.29, 0.717) is 5.75 Å². The van der Waals surface area contributed by atoms with Gasteiger partial charge in [-0.15, -0.1) is 0 Å². The van der Waals surface area contributed by atoms with Gasteiger partial charge in [-0.2, -0.15) is 0 Å². The van der Waals surface area contributed by atoms with Crippen molar-refractivity contribution >= 4 is 11.6 Å². The molecule has 0 saturated heterocycles. The largest absolute Gasteiger partial charge is 0.406 e. The predicted octanol–water partition coefficient (Wildman–Crippen LogP) is 2.22. The van der Waals surface area contributed by atoms with Crippen LogP contribution >= 0.6 is 11.6 Å². The summed E-state index contributed by atoms with van der Waals surface area (Å²) in [4.78, 5) is 0. The van der Waals surface area contributed by atoms with Gasteiger partial charge in [0, 0.05) is 5.38 Å². The second-order valence-corrected chi connectivity index (χ2v) is 1.80. The zero-order chi connectivity index (χ0) is 7.23. The number of para-hydroxylation sites is 1. The van der Waals surface area contributed by atoms with E-state index in [1.165, 1.54) is 0 Å². The van der Waals surface area contributed by atoms with Crippen molar-refractivity contribution in [2.45, 2.75) is 0 Å². The van der Waals surface area contributed by atoms with Crippen LogP contribution in [0.15, 0.2) is 30.3 Å². The van der Waals surface area contributed by atoms with Gasteiger partial charge in [-0.05, 0) is 23.7 Å². The van der Waals surface area contributed by atoms with E-state index in [0.717, 1.165) is 0 Å². The smallest absolute Gasteiger partial charge is 0.140 e. The van der Waals surface area contributed by atoms with E-state index in [4.69, 9.17) is 16.3 Å². The summed E-state index contributed by atoms with van der Waals surface area (Å²) in [5.74, 6) is 0.704. The van der Waals surface area contributed by atoms with E-state index >= 15 is 0 Å². The lowest BCUT2D eigenvalue weighted by Crippen LogP contribution is -1.79. The van der Waals surface area contributed by atoms with Crippen molar-refractivity contribution in [2.24, 2.45) is 0 Å². The van der Waals surface area contributed by atoms with Crippen LogP contribution in [0.2, 0.25) is 0 Å². The molecule has 0 saturated carbocycles. The third-order valence-electron chi connectivity index (χ3n) is 0.951. The summed E-state index contributed by atoms with van der Waals surface area (Å²) in [6.45, 7) is 0. The van der Waals surface area contributed by atoms with Gasteiger partial charge in [0.15, 0.2) is 0 Å². The number of benzene rings is 1. The lowest BCUT2D eigenvalue weighted by Gasteiger charge is -1.92. The highest BCUT2D eigenvalue weighted by Crippen LogP contribution is 2.06. The first-order valence-corrected chi connectivity index (χ1v) is 3.14. The lowest BCUT2D eigenvalue weighted by molar-refractivity contribution is 0.520. The third-order valence-corrected chi connectivity index (χ3v) is 1.03. The molecule has 0 fully saturated rings. The highest BCUT2D eigenvalue weighted by atomic mass is 35.5. The number of hydrogen-bond acceptors (Lipinski definition) is 1. The van der Waals surface area contributed by atoms with E-state index in [9.17, 15) is 0 Å². The summed E-state index contributed by atoms with van der Waals surface area (Å²) in [5.41, 5.74) is 0. The summed E-state index contributed by atoms with van der Waals surface area (Å²) in [6.07, 6.45) is 2.28. The molecule has 1 aromatic carbocycles. The second kappa shape index (κ2) is 3.81. The Balaban J connectivity index is 2.64. The molecule has 0 radical (unpaired) electrons. The highest BCUT2D eigenvalue weighted by Gasteiger charge is 1.83. The Hall–Kier alpha value is -1.13. The fourth-order valence-electron chi connectivity index (χ4n) is 0.567. The van der Waals surface area contributed by atoms with Crippen molar-refractivity contribution in [1.29, 1.82) is 0 Å². The zero-order valence-electron chi connectivity index (χ0n) is 5.17. The molecular weight excluding hydrogens is 148 g/mol. The van der Waals surface area contributed by atoms with Crippen molar-refractivity contribution in [1.82, 2.24) is 0 Å². The Morgan fingerprint density at radius 2 is 1.90 bits per heavy atom. The van der Waals surface area contributed by atoms with Gasteiger partial charge < -0.3 is 4.74 Å². The van der Waals surface area contributed by atoms with Crippen LogP contribution in [0.1, 0.15) is 0 Å². The molecule has 0 amide bonds.